The van der Waals surface area contributed by atoms with E-state index in [1.165, 1.54) is 0 Å². The normalized spacial score (nSPS) is 15.8. The molecule has 2 heterocycles. The zero-order valence-electron chi connectivity index (χ0n) is 9.93. The van der Waals surface area contributed by atoms with Crippen LogP contribution < -0.4 is 11.1 Å². The van der Waals surface area contributed by atoms with Gasteiger partial charge in [-0.05, 0) is 30.7 Å². The Labute approximate surface area is 102 Å². The van der Waals surface area contributed by atoms with Crippen LogP contribution in [-0.2, 0) is 13.0 Å². The lowest BCUT2D eigenvalue weighted by Gasteiger charge is -2.25. The molecule has 2 N–H and O–H groups in total. The van der Waals surface area contributed by atoms with Crippen LogP contribution in [0, 0.1) is 0 Å². The summed E-state index contributed by atoms with van der Waals surface area (Å²) in [6.07, 6.45) is 0.789. The van der Waals surface area contributed by atoms with Crippen molar-refractivity contribution in [1.29, 1.82) is 0 Å². The fourth-order valence-corrected chi connectivity index (χ4v) is 2.47. The SMILES string of the molecule is CN1CCc2c(ccc3c2[nH]c(=O)c(=O)n3O)C1. The van der Waals surface area contributed by atoms with Crippen LogP contribution >= 0.6 is 0 Å². The number of hydrogen-bond acceptors (Lipinski definition) is 4. The van der Waals surface area contributed by atoms with Crippen LogP contribution in [-0.4, -0.2) is 33.4 Å². The van der Waals surface area contributed by atoms with Crippen LogP contribution in [0.4, 0.5) is 0 Å². The Morgan fingerprint density at radius 3 is 2.89 bits per heavy atom. The molecule has 6 nitrogen and oxygen atoms in total. The van der Waals surface area contributed by atoms with Gasteiger partial charge in [0, 0.05) is 13.1 Å². The zero-order valence-corrected chi connectivity index (χ0v) is 9.93. The van der Waals surface area contributed by atoms with Gasteiger partial charge < -0.3 is 15.1 Å². The second kappa shape index (κ2) is 3.71. The molecule has 1 aliphatic rings. The van der Waals surface area contributed by atoms with Crippen LogP contribution in [0.25, 0.3) is 11.0 Å². The maximum absolute atomic E-state index is 11.4. The van der Waals surface area contributed by atoms with Gasteiger partial charge >= 0.3 is 11.1 Å². The molecule has 2 aromatic rings. The maximum atomic E-state index is 11.4. The lowest BCUT2D eigenvalue weighted by Crippen LogP contribution is -2.36. The minimum absolute atomic E-state index is 0.350. The standard InChI is InChI=1S/C12H13N3O3/c1-14-5-4-8-7(6-14)2-3-9-10(8)13-11(16)12(17)15(9)18/h2-3,18H,4-6H2,1H3,(H,13,16). The molecule has 94 valence electrons. The predicted molar refractivity (Wildman–Crippen MR) is 66.1 cm³/mol. The molecule has 0 saturated heterocycles. The Morgan fingerprint density at radius 1 is 1.33 bits per heavy atom. The van der Waals surface area contributed by atoms with E-state index in [0.29, 0.717) is 15.8 Å². The van der Waals surface area contributed by atoms with Gasteiger partial charge in [-0.3, -0.25) is 9.59 Å². The molecule has 0 saturated carbocycles. The first-order valence-corrected chi connectivity index (χ1v) is 5.75. The van der Waals surface area contributed by atoms with Gasteiger partial charge in [0.2, 0.25) is 0 Å². The molecular weight excluding hydrogens is 234 g/mol. The first-order valence-electron chi connectivity index (χ1n) is 5.75. The third kappa shape index (κ3) is 1.46. The Balaban J connectivity index is 2.40. The summed E-state index contributed by atoms with van der Waals surface area (Å²) in [6.45, 7) is 1.69. The molecule has 0 amide bonds. The Kier molecular flexibility index (Phi) is 2.27. The molecular formula is C12H13N3O3. The van der Waals surface area contributed by atoms with Crippen molar-refractivity contribution in [3.63, 3.8) is 0 Å². The van der Waals surface area contributed by atoms with Gasteiger partial charge in [0.05, 0.1) is 5.52 Å². The molecule has 6 heteroatoms. The van der Waals surface area contributed by atoms with Gasteiger partial charge in [-0.2, -0.15) is 0 Å². The summed E-state index contributed by atoms with van der Waals surface area (Å²) in [7, 11) is 2.03. The number of hydrogen-bond donors (Lipinski definition) is 2. The van der Waals surface area contributed by atoms with E-state index in [9.17, 15) is 14.8 Å². The highest BCUT2D eigenvalue weighted by atomic mass is 16.5. The van der Waals surface area contributed by atoms with Gasteiger partial charge in [-0.15, -0.1) is 4.73 Å². The van der Waals surface area contributed by atoms with Crippen molar-refractivity contribution in [2.75, 3.05) is 13.6 Å². The van der Waals surface area contributed by atoms with Crippen LogP contribution in [0.2, 0.25) is 0 Å². The largest absolute Gasteiger partial charge is 0.425 e. The number of H-pyrrole nitrogens is 1. The summed E-state index contributed by atoms with van der Waals surface area (Å²) < 4.78 is 0.423. The number of nitrogens with zero attached hydrogens (tertiary/aromatic N) is 2. The van der Waals surface area contributed by atoms with Crippen molar-refractivity contribution >= 4 is 11.0 Å². The van der Waals surface area contributed by atoms with E-state index in [2.05, 4.69) is 9.88 Å². The molecule has 0 atom stereocenters. The van der Waals surface area contributed by atoms with E-state index < -0.39 is 11.1 Å². The highest BCUT2D eigenvalue weighted by molar-refractivity contribution is 5.79. The average Bonchev–Trinajstić information content (AvgIpc) is 2.35. The van der Waals surface area contributed by atoms with Crippen molar-refractivity contribution in [2.24, 2.45) is 0 Å². The zero-order chi connectivity index (χ0) is 12.9. The smallest absolute Gasteiger partial charge is 0.348 e. The van der Waals surface area contributed by atoms with E-state index in [4.69, 9.17) is 0 Å². The Morgan fingerprint density at radius 2 is 2.11 bits per heavy atom. The van der Waals surface area contributed by atoms with Crippen molar-refractivity contribution in [1.82, 2.24) is 14.6 Å². The monoisotopic (exact) mass is 247 g/mol. The lowest BCUT2D eigenvalue weighted by atomic mass is 9.98. The number of benzene rings is 1. The molecule has 0 aliphatic carbocycles. The van der Waals surface area contributed by atoms with E-state index in [1.54, 1.807) is 6.07 Å². The number of aromatic amines is 1. The second-order valence-electron chi connectivity index (χ2n) is 4.66. The second-order valence-corrected chi connectivity index (χ2v) is 4.66. The first kappa shape index (κ1) is 11.0. The van der Waals surface area contributed by atoms with E-state index >= 15 is 0 Å². The van der Waals surface area contributed by atoms with Crippen LogP contribution in [0.3, 0.4) is 0 Å². The van der Waals surface area contributed by atoms with Crippen molar-refractivity contribution < 1.29 is 5.21 Å². The third-order valence-corrected chi connectivity index (χ3v) is 3.43. The molecule has 1 aromatic carbocycles. The minimum atomic E-state index is -0.949. The number of fused-ring (bicyclic) bond motifs is 3. The molecule has 1 aromatic heterocycles. The Hall–Kier alpha value is -2.08. The first-order chi connectivity index (χ1) is 8.58. The van der Waals surface area contributed by atoms with E-state index in [0.717, 1.165) is 30.6 Å². The lowest BCUT2D eigenvalue weighted by molar-refractivity contribution is 0.186. The van der Waals surface area contributed by atoms with Crippen LogP contribution in [0.15, 0.2) is 21.7 Å². The molecule has 0 fully saturated rings. The fraction of sp³-hybridized carbons (Fsp3) is 0.333. The summed E-state index contributed by atoms with van der Waals surface area (Å²) >= 11 is 0. The maximum Gasteiger partial charge on any atom is 0.348 e. The Bertz CT molecular complexity index is 745. The summed E-state index contributed by atoms with van der Waals surface area (Å²) in [5.74, 6) is 0. The molecule has 3 rings (SSSR count). The molecule has 0 spiro atoms. The third-order valence-electron chi connectivity index (χ3n) is 3.43. The van der Waals surface area contributed by atoms with Gasteiger partial charge in [0.15, 0.2) is 0 Å². The van der Waals surface area contributed by atoms with Gasteiger partial charge in [0.25, 0.3) is 0 Å². The highest BCUT2D eigenvalue weighted by Crippen LogP contribution is 2.24. The fourth-order valence-electron chi connectivity index (χ4n) is 2.47. The highest BCUT2D eigenvalue weighted by Gasteiger charge is 2.18. The van der Waals surface area contributed by atoms with Crippen molar-refractivity contribution in [2.45, 2.75) is 13.0 Å². The number of nitrogens with one attached hydrogen (secondary N) is 1. The summed E-state index contributed by atoms with van der Waals surface area (Å²) in [5.41, 5.74) is 1.29. The van der Waals surface area contributed by atoms with Gasteiger partial charge in [-0.25, -0.2) is 0 Å². The van der Waals surface area contributed by atoms with Crippen LogP contribution in [0.5, 0.6) is 0 Å². The molecule has 0 radical (unpaired) electrons. The number of rotatable bonds is 0. The quantitative estimate of drug-likeness (QED) is 0.504. The summed E-state index contributed by atoms with van der Waals surface area (Å²) in [4.78, 5) is 27.6. The van der Waals surface area contributed by atoms with E-state index in [1.807, 2.05) is 13.1 Å². The number of aromatic nitrogens is 2. The van der Waals surface area contributed by atoms with Gasteiger partial charge in [0.1, 0.15) is 5.52 Å². The van der Waals surface area contributed by atoms with Crippen LogP contribution in [0.1, 0.15) is 11.1 Å². The van der Waals surface area contributed by atoms with E-state index in [-0.39, 0.29) is 0 Å². The van der Waals surface area contributed by atoms with Crippen molar-refractivity contribution in [3.05, 3.63) is 44.0 Å². The summed E-state index contributed by atoms with van der Waals surface area (Å²) in [5, 5.41) is 9.67. The molecule has 18 heavy (non-hydrogen) atoms. The summed E-state index contributed by atoms with van der Waals surface area (Å²) in [6, 6.07) is 3.54. The van der Waals surface area contributed by atoms with Gasteiger partial charge in [-0.1, -0.05) is 6.07 Å². The average molecular weight is 247 g/mol. The number of likely N-dealkylation sites (N-methyl/N-ethyl adjacent to an activating group) is 1. The minimum Gasteiger partial charge on any atom is -0.425 e. The predicted octanol–water partition coefficient (Wildman–Crippen LogP) is -0.0850. The molecule has 0 unspecified atom stereocenters. The molecule has 1 aliphatic heterocycles. The topological polar surface area (TPSA) is 78.3 Å². The molecule has 0 bridgehead atoms. The van der Waals surface area contributed by atoms with Crippen molar-refractivity contribution in [3.8, 4) is 0 Å².